The molecule has 3 fully saturated rings. The van der Waals surface area contributed by atoms with E-state index in [1.807, 2.05) is 41.3 Å². The molecule has 0 unspecified atom stereocenters. The lowest BCUT2D eigenvalue weighted by Crippen LogP contribution is -2.61. The van der Waals surface area contributed by atoms with Crippen molar-refractivity contribution in [3.05, 3.63) is 96.1 Å². The number of fused-ring (bicyclic) bond motifs is 2. The molecule has 2 atom stereocenters. The molecule has 264 valence electrons. The van der Waals surface area contributed by atoms with Gasteiger partial charge in [0.2, 0.25) is 11.8 Å². The summed E-state index contributed by atoms with van der Waals surface area (Å²) in [7, 11) is 0. The molecule has 0 spiro atoms. The molecular formula is C44H54N2O4. The van der Waals surface area contributed by atoms with Crippen LogP contribution in [-0.2, 0) is 9.59 Å². The van der Waals surface area contributed by atoms with Crippen LogP contribution in [0.4, 0.5) is 0 Å². The second-order valence-electron chi connectivity index (χ2n) is 15.7. The van der Waals surface area contributed by atoms with Crippen LogP contribution < -0.4 is 5.73 Å². The number of hydrogen-bond donors (Lipinski definition) is 3. The zero-order chi connectivity index (χ0) is 34.8. The molecule has 7 rings (SSSR count). The number of nitrogens with two attached hydrogens (primary N) is 1. The quantitative estimate of drug-likeness (QED) is 0.128. The van der Waals surface area contributed by atoms with Gasteiger partial charge in [-0.1, -0.05) is 156 Å². The number of primary amides is 1. The fourth-order valence-electron chi connectivity index (χ4n) is 9.95. The molecule has 3 saturated carbocycles. The van der Waals surface area contributed by atoms with E-state index >= 15 is 4.79 Å². The SMILES string of the molecule is NC(=O)C1(C(=O)N([C@@H](c2cccc3ccccc23)C2(O)CCCCCC2)[C@@H](c2cccc3ccccc23)C2(O)CCCCCC2)CCCCC1. The Balaban J connectivity index is 1.59. The molecule has 3 aliphatic rings. The van der Waals surface area contributed by atoms with Crippen molar-refractivity contribution < 1.29 is 19.8 Å². The molecule has 50 heavy (non-hydrogen) atoms. The Hall–Kier alpha value is -3.74. The van der Waals surface area contributed by atoms with Crippen molar-refractivity contribution in [1.29, 1.82) is 0 Å². The van der Waals surface area contributed by atoms with E-state index in [-0.39, 0.29) is 5.91 Å². The van der Waals surface area contributed by atoms with Crippen molar-refractivity contribution in [3.8, 4) is 0 Å². The van der Waals surface area contributed by atoms with Crippen LogP contribution in [0.15, 0.2) is 84.9 Å². The van der Waals surface area contributed by atoms with Crippen LogP contribution >= 0.6 is 0 Å². The van der Waals surface area contributed by atoms with E-state index in [4.69, 9.17) is 5.73 Å². The molecule has 0 saturated heterocycles. The van der Waals surface area contributed by atoms with Crippen LogP contribution in [0.2, 0.25) is 0 Å². The molecule has 6 heteroatoms. The smallest absolute Gasteiger partial charge is 0.239 e. The van der Waals surface area contributed by atoms with E-state index < -0.39 is 34.6 Å². The highest BCUT2D eigenvalue weighted by atomic mass is 16.3. The van der Waals surface area contributed by atoms with Gasteiger partial charge in [-0.2, -0.15) is 0 Å². The monoisotopic (exact) mass is 674 g/mol. The molecule has 3 aliphatic carbocycles. The van der Waals surface area contributed by atoms with Crippen molar-refractivity contribution in [2.24, 2.45) is 11.1 Å². The summed E-state index contributed by atoms with van der Waals surface area (Å²) in [6.07, 6.45) is 12.6. The standard InChI is InChI=1S/C44H54N2O4/c45-40(47)42(26-10-5-11-27-42)41(48)46(38(43(49)28-12-1-2-13-29-43)36-24-16-20-32-18-6-8-22-34(32)36)39(44(50)30-14-3-4-15-31-44)37-25-17-21-33-19-7-9-23-35(33)37/h6-9,16-25,38-39,49-50H,1-5,10-15,26-31H2,(H2,45,47)/t38-,39-/m0/s1. The van der Waals surface area contributed by atoms with Gasteiger partial charge in [0.1, 0.15) is 5.41 Å². The molecule has 6 nitrogen and oxygen atoms in total. The number of amides is 2. The first-order chi connectivity index (χ1) is 24.3. The van der Waals surface area contributed by atoms with Crippen LogP contribution in [0.5, 0.6) is 0 Å². The minimum Gasteiger partial charge on any atom is -0.387 e. The Morgan fingerprint density at radius 3 is 1.30 bits per heavy atom. The van der Waals surface area contributed by atoms with E-state index in [1.54, 1.807) is 0 Å². The van der Waals surface area contributed by atoms with E-state index in [2.05, 4.69) is 48.5 Å². The average Bonchev–Trinajstić information content (AvgIpc) is 3.51. The summed E-state index contributed by atoms with van der Waals surface area (Å²) >= 11 is 0. The largest absolute Gasteiger partial charge is 0.387 e. The summed E-state index contributed by atoms with van der Waals surface area (Å²) in [6, 6.07) is 27.0. The lowest BCUT2D eigenvalue weighted by atomic mass is 9.69. The van der Waals surface area contributed by atoms with Crippen molar-refractivity contribution in [1.82, 2.24) is 4.90 Å². The predicted molar refractivity (Wildman–Crippen MR) is 200 cm³/mol. The molecule has 4 aromatic carbocycles. The van der Waals surface area contributed by atoms with Crippen LogP contribution in [-0.4, -0.2) is 38.1 Å². The van der Waals surface area contributed by atoms with Gasteiger partial charge in [-0.25, -0.2) is 0 Å². The maximum atomic E-state index is 16.1. The first kappa shape index (κ1) is 34.7. The van der Waals surface area contributed by atoms with Crippen molar-refractivity contribution in [3.63, 3.8) is 0 Å². The lowest BCUT2D eigenvalue weighted by Gasteiger charge is -2.53. The van der Waals surface area contributed by atoms with Crippen molar-refractivity contribution >= 4 is 33.4 Å². The van der Waals surface area contributed by atoms with E-state index in [0.717, 1.165) is 103 Å². The Morgan fingerprint density at radius 1 is 0.520 bits per heavy atom. The number of hydrogen-bond acceptors (Lipinski definition) is 4. The van der Waals surface area contributed by atoms with Gasteiger partial charge in [-0.15, -0.1) is 0 Å². The number of nitrogens with zero attached hydrogens (tertiary/aromatic N) is 1. The Labute approximate surface area is 297 Å². The van der Waals surface area contributed by atoms with Gasteiger partial charge in [0.05, 0.1) is 23.3 Å². The maximum absolute atomic E-state index is 16.1. The third-order valence-electron chi connectivity index (χ3n) is 12.6. The summed E-state index contributed by atoms with van der Waals surface area (Å²) in [5, 5.41) is 30.6. The van der Waals surface area contributed by atoms with E-state index in [9.17, 15) is 15.0 Å². The van der Waals surface area contributed by atoms with Crippen LogP contribution in [0.25, 0.3) is 21.5 Å². The summed E-state index contributed by atoms with van der Waals surface area (Å²) in [6.45, 7) is 0. The fourth-order valence-corrected chi connectivity index (χ4v) is 9.95. The first-order valence-electron chi connectivity index (χ1n) is 19.3. The number of carbonyl (C=O) groups is 2. The van der Waals surface area contributed by atoms with Crippen molar-refractivity contribution in [2.45, 2.75) is 132 Å². The summed E-state index contributed by atoms with van der Waals surface area (Å²) < 4.78 is 0. The summed E-state index contributed by atoms with van der Waals surface area (Å²) in [5.74, 6) is -0.933. The topological polar surface area (TPSA) is 104 Å². The minimum absolute atomic E-state index is 0.337. The highest BCUT2D eigenvalue weighted by Gasteiger charge is 2.57. The average molecular weight is 675 g/mol. The van der Waals surface area contributed by atoms with Gasteiger partial charge in [0.15, 0.2) is 0 Å². The summed E-state index contributed by atoms with van der Waals surface area (Å²) in [5.41, 5.74) is 4.06. The van der Waals surface area contributed by atoms with Crippen LogP contribution in [0.1, 0.15) is 132 Å². The number of benzene rings is 4. The molecule has 4 aromatic rings. The lowest BCUT2D eigenvalue weighted by molar-refractivity contribution is -0.176. The Kier molecular flexibility index (Phi) is 10.0. The fraction of sp³-hybridized carbons (Fsp3) is 0.500. The van der Waals surface area contributed by atoms with Crippen LogP contribution in [0.3, 0.4) is 0 Å². The zero-order valence-corrected chi connectivity index (χ0v) is 29.5. The molecule has 4 N–H and O–H groups in total. The Bertz CT molecular complexity index is 1690. The van der Waals surface area contributed by atoms with Gasteiger partial charge < -0.3 is 20.8 Å². The van der Waals surface area contributed by atoms with Gasteiger partial charge in [0, 0.05) is 0 Å². The third kappa shape index (κ3) is 6.34. The number of carbonyl (C=O) groups excluding carboxylic acids is 2. The maximum Gasteiger partial charge on any atom is 0.239 e. The molecule has 0 aromatic heterocycles. The van der Waals surface area contributed by atoms with Gasteiger partial charge >= 0.3 is 0 Å². The number of rotatable bonds is 8. The summed E-state index contributed by atoms with van der Waals surface area (Å²) in [4.78, 5) is 31.8. The minimum atomic E-state index is -1.42. The highest BCUT2D eigenvalue weighted by molar-refractivity contribution is 6.05. The van der Waals surface area contributed by atoms with Gasteiger partial charge in [-0.05, 0) is 71.2 Å². The molecular weight excluding hydrogens is 620 g/mol. The predicted octanol–water partition coefficient (Wildman–Crippen LogP) is 9.21. The zero-order valence-electron chi connectivity index (χ0n) is 29.5. The van der Waals surface area contributed by atoms with E-state index in [0.29, 0.717) is 38.5 Å². The highest BCUT2D eigenvalue weighted by Crippen LogP contribution is 2.54. The normalized spacial score (nSPS) is 21.8. The number of aliphatic hydroxyl groups is 2. The van der Waals surface area contributed by atoms with Gasteiger partial charge in [-0.3, -0.25) is 9.59 Å². The third-order valence-corrected chi connectivity index (χ3v) is 12.6. The second-order valence-corrected chi connectivity index (χ2v) is 15.7. The molecule has 0 aliphatic heterocycles. The van der Waals surface area contributed by atoms with Crippen LogP contribution in [0, 0.1) is 5.41 Å². The van der Waals surface area contributed by atoms with Crippen molar-refractivity contribution in [2.75, 3.05) is 0 Å². The molecule has 0 heterocycles. The first-order valence-corrected chi connectivity index (χ1v) is 19.3. The second kappa shape index (κ2) is 14.5. The molecule has 2 amide bonds. The molecule has 0 bridgehead atoms. The van der Waals surface area contributed by atoms with Gasteiger partial charge in [0.25, 0.3) is 0 Å². The Morgan fingerprint density at radius 2 is 0.880 bits per heavy atom. The molecule has 0 radical (unpaired) electrons. The van der Waals surface area contributed by atoms with E-state index in [1.165, 1.54) is 0 Å².